The van der Waals surface area contributed by atoms with E-state index >= 15 is 0 Å². The number of thioether (sulfide) groups is 1. The molecule has 1 aliphatic carbocycles. The van der Waals surface area contributed by atoms with Crippen LogP contribution < -0.4 is 10.6 Å². The van der Waals surface area contributed by atoms with Crippen molar-refractivity contribution in [2.75, 3.05) is 16.8 Å². The minimum Gasteiger partial charge on any atom is -0.349 e. The first kappa shape index (κ1) is 28.5. The fraction of sp³-hybridized carbons (Fsp3) is 0.364. The molecule has 0 saturated heterocycles. The number of carbonyl (C=O) groups excluding carboxylic acids is 2. The van der Waals surface area contributed by atoms with E-state index in [1.807, 2.05) is 0 Å². The molecule has 0 heterocycles. The van der Waals surface area contributed by atoms with Gasteiger partial charge in [0.1, 0.15) is 4.33 Å². The molecule has 0 aliphatic heterocycles. The maximum Gasteiger partial charge on any atom is 0.397 e. The van der Waals surface area contributed by atoms with Crippen LogP contribution in [0.4, 0.5) is 18.9 Å². The van der Waals surface area contributed by atoms with Gasteiger partial charge in [-0.05, 0) is 48.9 Å². The number of nitrogens with one attached hydrogen (secondary N) is 2. The Hall–Kier alpha value is -1.03. The van der Waals surface area contributed by atoms with Crippen molar-refractivity contribution in [1.29, 1.82) is 0 Å². The van der Waals surface area contributed by atoms with E-state index in [0.717, 1.165) is 0 Å². The largest absolute Gasteiger partial charge is 0.397 e. The van der Waals surface area contributed by atoms with Crippen molar-refractivity contribution >= 4 is 87.3 Å². The third-order valence-electron chi connectivity index (χ3n) is 5.07. The van der Waals surface area contributed by atoms with E-state index in [0.29, 0.717) is 27.4 Å². The lowest BCUT2D eigenvalue weighted by atomic mass is 10.1. The predicted molar refractivity (Wildman–Crippen MR) is 138 cm³/mol. The van der Waals surface area contributed by atoms with Gasteiger partial charge in [0.15, 0.2) is 0 Å². The van der Waals surface area contributed by atoms with Gasteiger partial charge in [-0.25, -0.2) is 0 Å². The molecule has 0 aromatic heterocycles. The Kier molecular flexibility index (Phi) is 9.09. The molecule has 0 spiro atoms. The molecule has 1 aliphatic rings. The third-order valence-corrected chi connectivity index (χ3v) is 8.04. The van der Waals surface area contributed by atoms with E-state index in [-0.39, 0.29) is 22.0 Å². The molecular formula is C22H18Cl5F3N2O2S. The second-order valence-corrected chi connectivity index (χ2v) is 11.8. The summed E-state index contributed by atoms with van der Waals surface area (Å²) < 4.78 is 35.6. The van der Waals surface area contributed by atoms with Crippen molar-refractivity contribution in [1.82, 2.24) is 5.32 Å². The Morgan fingerprint density at radius 3 is 2.31 bits per heavy atom. The van der Waals surface area contributed by atoms with Crippen LogP contribution in [0.15, 0.2) is 36.4 Å². The number of carbonyl (C=O) groups is 2. The molecule has 2 aromatic carbocycles. The molecule has 2 amide bonds. The summed E-state index contributed by atoms with van der Waals surface area (Å²) >= 11 is 31.6. The highest BCUT2D eigenvalue weighted by molar-refractivity contribution is 7.99. The van der Waals surface area contributed by atoms with Crippen molar-refractivity contribution in [2.45, 2.75) is 29.4 Å². The topological polar surface area (TPSA) is 58.2 Å². The van der Waals surface area contributed by atoms with Gasteiger partial charge in [0.05, 0.1) is 22.3 Å². The van der Waals surface area contributed by atoms with Crippen LogP contribution in [0.1, 0.15) is 28.8 Å². The van der Waals surface area contributed by atoms with Gasteiger partial charge in [0.2, 0.25) is 5.91 Å². The molecule has 3 atom stereocenters. The highest BCUT2D eigenvalue weighted by Crippen LogP contribution is 2.65. The van der Waals surface area contributed by atoms with Crippen molar-refractivity contribution in [2.24, 2.45) is 5.92 Å². The Labute approximate surface area is 229 Å². The molecule has 0 bridgehead atoms. The SMILES string of the molecule is C[C@H](CSCC(F)(F)F)NC(=O)c1cc(NC(=O)C2C(c3cc(Cl)cc(Cl)c3)C2(Cl)Cl)ccc1Cl. The number of hydrogen-bond donors (Lipinski definition) is 2. The van der Waals surface area contributed by atoms with Gasteiger partial charge in [-0.3, -0.25) is 9.59 Å². The maximum absolute atomic E-state index is 12.9. The zero-order valence-electron chi connectivity index (χ0n) is 17.9. The van der Waals surface area contributed by atoms with E-state index < -0.39 is 46.0 Å². The van der Waals surface area contributed by atoms with Crippen LogP contribution in [0.25, 0.3) is 0 Å². The first-order valence-corrected chi connectivity index (χ1v) is 13.1. The Balaban J connectivity index is 1.66. The minimum atomic E-state index is -4.28. The lowest BCUT2D eigenvalue weighted by molar-refractivity contribution is -0.117. The van der Waals surface area contributed by atoms with Crippen molar-refractivity contribution in [3.63, 3.8) is 0 Å². The number of alkyl halides is 5. The molecule has 2 N–H and O–H groups in total. The summed E-state index contributed by atoms with van der Waals surface area (Å²) in [4.78, 5) is 25.5. The van der Waals surface area contributed by atoms with Crippen LogP contribution in [0.2, 0.25) is 15.1 Å². The van der Waals surface area contributed by atoms with Crippen LogP contribution in [0, 0.1) is 5.92 Å². The summed E-state index contributed by atoms with van der Waals surface area (Å²) in [5.74, 6) is -3.38. The van der Waals surface area contributed by atoms with Gasteiger partial charge in [0.25, 0.3) is 5.91 Å². The molecule has 4 nitrogen and oxygen atoms in total. The first-order chi connectivity index (χ1) is 16.2. The minimum absolute atomic E-state index is 0.0501. The Morgan fingerprint density at radius 2 is 1.71 bits per heavy atom. The van der Waals surface area contributed by atoms with Crippen LogP contribution >= 0.6 is 69.8 Å². The summed E-state index contributed by atoms with van der Waals surface area (Å²) in [6.07, 6.45) is -4.28. The average Bonchev–Trinajstić information content (AvgIpc) is 3.29. The Morgan fingerprint density at radius 1 is 1.09 bits per heavy atom. The molecule has 3 rings (SSSR count). The summed E-state index contributed by atoms with van der Waals surface area (Å²) in [6, 6.07) is 8.54. The van der Waals surface area contributed by atoms with Crippen LogP contribution in [-0.2, 0) is 4.79 Å². The van der Waals surface area contributed by atoms with Crippen molar-refractivity contribution < 1.29 is 22.8 Å². The van der Waals surface area contributed by atoms with Gasteiger partial charge >= 0.3 is 6.18 Å². The summed E-state index contributed by atoms with van der Waals surface area (Å²) in [5.41, 5.74) is 0.929. The van der Waals surface area contributed by atoms with E-state index in [1.165, 1.54) is 18.2 Å². The highest BCUT2D eigenvalue weighted by Gasteiger charge is 2.67. The fourth-order valence-electron chi connectivity index (χ4n) is 3.51. The standard InChI is InChI=1S/C22H18Cl5F3N2O2S/c1-10(8-35-9-21(28,29)30)31-19(33)15-7-14(2-3-16(15)25)32-20(34)18-17(22(18,26)27)11-4-12(23)6-13(24)5-11/h2-7,10,17-18H,8-9H2,1H3,(H,31,33)(H,32,34)/t10-,17?,18?/m1/s1. The summed E-state index contributed by atoms with van der Waals surface area (Å²) in [5, 5.41) is 6.14. The molecular weight excluding hydrogens is 591 g/mol. The second-order valence-electron chi connectivity index (χ2n) is 8.02. The van der Waals surface area contributed by atoms with Crippen LogP contribution in [0.5, 0.6) is 0 Å². The maximum atomic E-state index is 12.9. The summed E-state index contributed by atoms with van der Waals surface area (Å²) in [6.45, 7) is 1.58. The smallest absolute Gasteiger partial charge is 0.349 e. The van der Waals surface area contributed by atoms with Gasteiger partial charge in [0, 0.05) is 33.4 Å². The molecule has 35 heavy (non-hydrogen) atoms. The number of amides is 2. The van der Waals surface area contributed by atoms with Gasteiger partial charge in [-0.1, -0.05) is 34.8 Å². The van der Waals surface area contributed by atoms with E-state index in [2.05, 4.69) is 10.6 Å². The van der Waals surface area contributed by atoms with Crippen LogP contribution in [0.3, 0.4) is 0 Å². The molecule has 2 unspecified atom stereocenters. The molecule has 0 radical (unpaired) electrons. The molecule has 13 heteroatoms. The zero-order chi connectivity index (χ0) is 26.1. The highest BCUT2D eigenvalue weighted by atomic mass is 35.5. The molecule has 2 aromatic rings. The first-order valence-electron chi connectivity index (χ1n) is 10.1. The van der Waals surface area contributed by atoms with E-state index in [4.69, 9.17) is 58.0 Å². The quantitative estimate of drug-likeness (QED) is 0.304. The van der Waals surface area contributed by atoms with Crippen LogP contribution in [-0.4, -0.2) is 39.9 Å². The average molecular weight is 609 g/mol. The van der Waals surface area contributed by atoms with Gasteiger partial charge < -0.3 is 10.6 Å². The molecule has 190 valence electrons. The predicted octanol–water partition coefficient (Wildman–Crippen LogP) is 7.59. The van der Waals surface area contributed by atoms with Gasteiger partial charge in [-0.15, -0.1) is 23.2 Å². The number of anilines is 1. The van der Waals surface area contributed by atoms with Crippen molar-refractivity contribution in [3.8, 4) is 0 Å². The third kappa shape index (κ3) is 7.49. The Bertz CT molecular complexity index is 1110. The lowest BCUT2D eigenvalue weighted by Crippen LogP contribution is -2.35. The number of benzene rings is 2. The van der Waals surface area contributed by atoms with Crippen molar-refractivity contribution in [3.05, 3.63) is 62.6 Å². The van der Waals surface area contributed by atoms with Gasteiger partial charge in [-0.2, -0.15) is 24.9 Å². The molecule has 1 fully saturated rings. The fourth-order valence-corrected chi connectivity index (χ4v) is 5.87. The van der Waals surface area contributed by atoms with E-state index in [1.54, 1.807) is 25.1 Å². The number of halogens is 8. The van der Waals surface area contributed by atoms with E-state index in [9.17, 15) is 22.8 Å². The number of rotatable bonds is 8. The lowest BCUT2D eigenvalue weighted by Gasteiger charge is -2.15. The second kappa shape index (κ2) is 11.2. The normalized spacial score (nSPS) is 19.7. The molecule has 1 saturated carbocycles. The number of hydrogen-bond acceptors (Lipinski definition) is 3. The summed E-state index contributed by atoms with van der Waals surface area (Å²) in [7, 11) is 0. The zero-order valence-corrected chi connectivity index (χ0v) is 22.5. The monoisotopic (exact) mass is 606 g/mol.